The summed E-state index contributed by atoms with van der Waals surface area (Å²) in [5.74, 6) is 0.426. The first-order valence-electron chi connectivity index (χ1n) is 7.12. The number of amides is 1. The Labute approximate surface area is 124 Å². The van der Waals surface area contributed by atoms with Crippen LogP contribution in [0.2, 0.25) is 0 Å². The highest BCUT2D eigenvalue weighted by molar-refractivity contribution is 6.10. The highest BCUT2D eigenvalue weighted by Gasteiger charge is 2.19. The molecular formula is C18H17NO2. The predicted molar refractivity (Wildman–Crippen MR) is 82.7 cm³/mol. The number of hydrogen-bond acceptors (Lipinski definition) is 2. The van der Waals surface area contributed by atoms with Gasteiger partial charge >= 0.3 is 0 Å². The Kier molecular flexibility index (Phi) is 3.34. The van der Waals surface area contributed by atoms with E-state index in [1.165, 1.54) is 5.56 Å². The maximum absolute atomic E-state index is 12.5. The van der Waals surface area contributed by atoms with E-state index in [4.69, 9.17) is 0 Å². The van der Waals surface area contributed by atoms with Crippen molar-refractivity contribution in [1.29, 1.82) is 0 Å². The van der Waals surface area contributed by atoms with Gasteiger partial charge in [0, 0.05) is 16.8 Å². The fourth-order valence-electron chi connectivity index (χ4n) is 2.56. The highest BCUT2D eigenvalue weighted by Crippen LogP contribution is 2.25. The Hall–Kier alpha value is -2.42. The van der Waals surface area contributed by atoms with Gasteiger partial charge < -0.3 is 5.32 Å². The van der Waals surface area contributed by atoms with Crippen molar-refractivity contribution in [2.24, 2.45) is 0 Å². The molecule has 1 N–H and O–H groups in total. The summed E-state index contributed by atoms with van der Waals surface area (Å²) in [6.45, 7) is 4.25. The molecule has 21 heavy (non-hydrogen) atoms. The van der Waals surface area contributed by atoms with Gasteiger partial charge in [-0.1, -0.05) is 38.1 Å². The molecule has 0 unspecified atom stereocenters. The Morgan fingerprint density at radius 3 is 2.38 bits per heavy atom. The lowest BCUT2D eigenvalue weighted by atomic mass is 9.97. The van der Waals surface area contributed by atoms with E-state index in [0.29, 0.717) is 23.5 Å². The van der Waals surface area contributed by atoms with Crippen molar-refractivity contribution >= 4 is 17.4 Å². The van der Waals surface area contributed by atoms with Crippen LogP contribution in [0.3, 0.4) is 0 Å². The molecular weight excluding hydrogens is 262 g/mol. The Morgan fingerprint density at radius 2 is 1.71 bits per heavy atom. The Balaban J connectivity index is 1.89. The summed E-state index contributed by atoms with van der Waals surface area (Å²) in [6, 6.07) is 13.1. The van der Waals surface area contributed by atoms with E-state index in [2.05, 4.69) is 19.2 Å². The molecule has 0 aromatic heterocycles. The van der Waals surface area contributed by atoms with E-state index in [9.17, 15) is 9.59 Å². The van der Waals surface area contributed by atoms with Crippen molar-refractivity contribution in [2.45, 2.75) is 26.2 Å². The minimum atomic E-state index is -0.0177. The molecule has 2 aromatic rings. The SMILES string of the molecule is CC(C)c1ccc(C(=O)c2ccc3c(c2)CC(=O)N3)cc1. The molecule has 2 aromatic carbocycles. The zero-order chi connectivity index (χ0) is 15.0. The van der Waals surface area contributed by atoms with E-state index < -0.39 is 0 Å². The number of anilines is 1. The van der Waals surface area contributed by atoms with Gasteiger partial charge in [0.25, 0.3) is 0 Å². The van der Waals surface area contributed by atoms with Crippen molar-refractivity contribution in [3.05, 3.63) is 64.7 Å². The fraction of sp³-hybridized carbons (Fsp3) is 0.222. The molecule has 3 rings (SSSR count). The van der Waals surface area contributed by atoms with Gasteiger partial charge in [-0.3, -0.25) is 9.59 Å². The summed E-state index contributed by atoms with van der Waals surface area (Å²) in [6.07, 6.45) is 0.350. The number of ketones is 1. The summed E-state index contributed by atoms with van der Waals surface area (Å²) in [5.41, 5.74) is 4.23. The van der Waals surface area contributed by atoms with E-state index in [1.54, 1.807) is 12.1 Å². The molecule has 0 bridgehead atoms. The van der Waals surface area contributed by atoms with Gasteiger partial charge in [0.15, 0.2) is 5.78 Å². The standard InChI is InChI=1S/C18H17NO2/c1-11(2)12-3-5-13(6-4-12)18(21)14-7-8-16-15(9-14)10-17(20)19-16/h3-9,11H,10H2,1-2H3,(H,19,20). The molecule has 0 radical (unpaired) electrons. The number of rotatable bonds is 3. The lowest BCUT2D eigenvalue weighted by Crippen LogP contribution is -2.03. The maximum atomic E-state index is 12.5. The van der Waals surface area contributed by atoms with Gasteiger partial charge in [-0.25, -0.2) is 0 Å². The smallest absolute Gasteiger partial charge is 0.228 e. The lowest BCUT2D eigenvalue weighted by Gasteiger charge is -2.07. The summed E-state index contributed by atoms with van der Waals surface area (Å²) < 4.78 is 0. The van der Waals surface area contributed by atoms with Gasteiger partial charge in [0.1, 0.15) is 0 Å². The summed E-state index contributed by atoms with van der Waals surface area (Å²) >= 11 is 0. The molecule has 0 saturated carbocycles. The van der Waals surface area contributed by atoms with Crippen LogP contribution in [0, 0.1) is 0 Å². The van der Waals surface area contributed by atoms with E-state index in [0.717, 1.165) is 11.3 Å². The van der Waals surface area contributed by atoms with E-state index in [-0.39, 0.29) is 11.7 Å². The van der Waals surface area contributed by atoms with Crippen LogP contribution >= 0.6 is 0 Å². The molecule has 3 heteroatoms. The molecule has 1 aliphatic heterocycles. The first-order valence-corrected chi connectivity index (χ1v) is 7.12. The van der Waals surface area contributed by atoms with Crippen LogP contribution in [0.4, 0.5) is 5.69 Å². The number of hydrogen-bond donors (Lipinski definition) is 1. The molecule has 3 nitrogen and oxygen atoms in total. The number of carbonyl (C=O) groups is 2. The van der Waals surface area contributed by atoms with Gasteiger partial charge in [0.2, 0.25) is 5.91 Å². The minimum absolute atomic E-state index is 0.00699. The molecule has 1 aliphatic rings. The first-order chi connectivity index (χ1) is 10.0. The second-order valence-corrected chi connectivity index (χ2v) is 5.70. The van der Waals surface area contributed by atoms with Gasteiger partial charge in [0.05, 0.1) is 6.42 Å². The van der Waals surface area contributed by atoms with Crippen LogP contribution in [-0.2, 0) is 11.2 Å². The molecule has 0 saturated heterocycles. The fourth-order valence-corrected chi connectivity index (χ4v) is 2.56. The molecule has 1 amide bonds. The zero-order valence-electron chi connectivity index (χ0n) is 12.1. The number of carbonyl (C=O) groups excluding carboxylic acids is 2. The molecule has 106 valence electrons. The second kappa shape index (κ2) is 5.17. The predicted octanol–water partition coefficient (Wildman–Crippen LogP) is 3.54. The van der Waals surface area contributed by atoms with Gasteiger partial charge in [-0.05, 0) is 35.2 Å². The topological polar surface area (TPSA) is 46.2 Å². The van der Waals surface area contributed by atoms with Crippen molar-refractivity contribution in [1.82, 2.24) is 0 Å². The van der Waals surface area contributed by atoms with Crippen molar-refractivity contribution in [3.63, 3.8) is 0 Å². The second-order valence-electron chi connectivity index (χ2n) is 5.70. The molecule has 1 heterocycles. The third kappa shape index (κ3) is 2.59. The monoisotopic (exact) mass is 279 g/mol. The van der Waals surface area contributed by atoms with Crippen LogP contribution in [0.1, 0.15) is 46.8 Å². The molecule has 0 spiro atoms. The normalized spacial score (nSPS) is 13.2. The minimum Gasteiger partial charge on any atom is -0.326 e. The molecule has 0 aliphatic carbocycles. The maximum Gasteiger partial charge on any atom is 0.228 e. The highest BCUT2D eigenvalue weighted by atomic mass is 16.1. The number of nitrogens with one attached hydrogen (secondary N) is 1. The summed E-state index contributed by atoms with van der Waals surface area (Å²) in [4.78, 5) is 23.9. The summed E-state index contributed by atoms with van der Waals surface area (Å²) in [7, 11) is 0. The van der Waals surface area contributed by atoms with Crippen LogP contribution in [-0.4, -0.2) is 11.7 Å². The van der Waals surface area contributed by atoms with E-state index >= 15 is 0 Å². The largest absolute Gasteiger partial charge is 0.326 e. The number of benzene rings is 2. The Morgan fingerprint density at radius 1 is 1.05 bits per heavy atom. The zero-order valence-corrected chi connectivity index (χ0v) is 12.1. The molecule has 0 fully saturated rings. The quantitative estimate of drug-likeness (QED) is 0.874. The van der Waals surface area contributed by atoms with E-state index in [1.807, 2.05) is 30.3 Å². The summed E-state index contributed by atoms with van der Waals surface area (Å²) in [5, 5.41) is 2.77. The lowest BCUT2D eigenvalue weighted by molar-refractivity contribution is -0.115. The van der Waals surface area contributed by atoms with Crippen LogP contribution < -0.4 is 5.32 Å². The van der Waals surface area contributed by atoms with Crippen LogP contribution in [0.25, 0.3) is 0 Å². The molecule has 0 atom stereocenters. The van der Waals surface area contributed by atoms with Crippen molar-refractivity contribution < 1.29 is 9.59 Å². The van der Waals surface area contributed by atoms with Crippen molar-refractivity contribution in [2.75, 3.05) is 5.32 Å². The van der Waals surface area contributed by atoms with Crippen LogP contribution in [0.5, 0.6) is 0 Å². The van der Waals surface area contributed by atoms with Crippen molar-refractivity contribution in [3.8, 4) is 0 Å². The average molecular weight is 279 g/mol. The van der Waals surface area contributed by atoms with Gasteiger partial charge in [-0.2, -0.15) is 0 Å². The number of fused-ring (bicyclic) bond motifs is 1. The third-order valence-electron chi connectivity index (χ3n) is 3.83. The van der Waals surface area contributed by atoms with Crippen LogP contribution in [0.15, 0.2) is 42.5 Å². The Bertz CT molecular complexity index is 714. The first kappa shape index (κ1) is 13.6. The van der Waals surface area contributed by atoms with Gasteiger partial charge in [-0.15, -0.1) is 0 Å². The average Bonchev–Trinajstić information content (AvgIpc) is 2.85. The third-order valence-corrected chi connectivity index (χ3v) is 3.83.